The van der Waals surface area contributed by atoms with Gasteiger partial charge in [0.25, 0.3) is 0 Å². The molecule has 1 aliphatic rings. The molecule has 1 aromatic carbocycles. The summed E-state index contributed by atoms with van der Waals surface area (Å²) in [7, 11) is 1.64. The summed E-state index contributed by atoms with van der Waals surface area (Å²) in [6.07, 6.45) is 1.89. The van der Waals surface area contributed by atoms with Gasteiger partial charge >= 0.3 is 0 Å². The summed E-state index contributed by atoms with van der Waals surface area (Å²) in [5.41, 5.74) is 0.738. The molecule has 1 aliphatic heterocycles. The van der Waals surface area contributed by atoms with E-state index in [9.17, 15) is 13.6 Å². The molecular formula is C15H21F2N3O. The maximum atomic E-state index is 13.1. The Hall–Kier alpha value is -1.53. The summed E-state index contributed by atoms with van der Waals surface area (Å²) in [5, 5.41) is 5.97. The van der Waals surface area contributed by atoms with Crippen LogP contribution in [0.15, 0.2) is 18.2 Å². The van der Waals surface area contributed by atoms with Crippen LogP contribution in [0, 0.1) is 11.6 Å². The number of hydrogen-bond donors (Lipinski definition) is 2. The van der Waals surface area contributed by atoms with Gasteiger partial charge in [-0.15, -0.1) is 0 Å². The van der Waals surface area contributed by atoms with Gasteiger partial charge in [0.05, 0.1) is 6.54 Å². The summed E-state index contributed by atoms with van der Waals surface area (Å²) < 4.78 is 25.9. The first-order valence-corrected chi connectivity index (χ1v) is 7.18. The average molecular weight is 297 g/mol. The minimum absolute atomic E-state index is 0.0307. The smallest absolute Gasteiger partial charge is 0.233 e. The monoisotopic (exact) mass is 297 g/mol. The highest BCUT2D eigenvalue weighted by Gasteiger charge is 2.20. The number of halogens is 2. The van der Waals surface area contributed by atoms with Crippen LogP contribution in [0.5, 0.6) is 0 Å². The van der Waals surface area contributed by atoms with Gasteiger partial charge in [-0.1, -0.05) is 6.07 Å². The first kappa shape index (κ1) is 15.9. The summed E-state index contributed by atoms with van der Waals surface area (Å²) in [4.78, 5) is 13.4. The van der Waals surface area contributed by atoms with Crippen molar-refractivity contribution in [1.82, 2.24) is 15.5 Å². The van der Waals surface area contributed by atoms with E-state index in [1.54, 1.807) is 13.1 Å². The maximum absolute atomic E-state index is 13.1. The van der Waals surface area contributed by atoms with E-state index in [-0.39, 0.29) is 5.91 Å². The molecule has 0 aliphatic carbocycles. The molecule has 0 bridgehead atoms. The topological polar surface area (TPSA) is 44.4 Å². The Balaban J connectivity index is 1.73. The number of piperidine rings is 1. The molecule has 6 heteroatoms. The van der Waals surface area contributed by atoms with Gasteiger partial charge < -0.3 is 10.6 Å². The van der Waals surface area contributed by atoms with Gasteiger partial charge in [-0.2, -0.15) is 0 Å². The second-order valence-electron chi connectivity index (χ2n) is 5.35. The van der Waals surface area contributed by atoms with Crippen molar-refractivity contribution in [2.75, 3.05) is 26.7 Å². The number of rotatable bonds is 5. The fourth-order valence-corrected chi connectivity index (χ4v) is 2.49. The van der Waals surface area contributed by atoms with Crippen molar-refractivity contribution in [2.45, 2.75) is 25.4 Å². The summed E-state index contributed by atoms with van der Waals surface area (Å²) in [5.74, 6) is -1.60. The fraction of sp³-hybridized carbons (Fsp3) is 0.533. The highest BCUT2D eigenvalue weighted by Crippen LogP contribution is 2.12. The quantitative estimate of drug-likeness (QED) is 0.860. The van der Waals surface area contributed by atoms with Crippen LogP contribution in [0.1, 0.15) is 18.4 Å². The van der Waals surface area contributed by atoms with Crippen LogP contribution in [0.4, 0.5) is 8.78 Å². The van der Waals surface area contributed by atoms with Crippen LogP contribution < -0.4 is 10.6 Å². The number of likely N-dealkylation sites (N-methyl/N-ethyl adjacent to an activating group) is 1. The van der Waals surface area contributed by atoms with Gasteiger partial charge in [-0.25, -0.2) is 8.78 Å². The lowest BCUT2D eigenvalue weighted by Crippen LogP contribution is -2.45. The van der Waals surface area contributed by atoms with E-state index >= 15 is 0 Å². The molecule has 1 fully saturated rings. The van der Waals surface area contributed by atoms with E-state index in [2.05, 4.69) is 15.5 Å². The maximum Gasteiger partial charge on any atom is 0.233 e. The molecule has 1 heterocycles. The normalized spacial score (nSPS) is 16.9. The molecule has 1 amide bonds. The lowest BCUT2D eigenvalue weighted by atomic mass is 10.0. The first-order chi connectivity index (χ1) is 10.1. The van der Waals surface area contributed by atoms with Crippen molar-refractivity contribution in [3.05, 3.63) is 35.4 Å². The Labute approximate surface area is 123 Å². The summed E-state index contributed by atoms with van der Waals surface area (Å²) in [6, 6.07) is 4.31. The zero-order valence-corrected chi connectivity index (χ0v) is 12.2. The van der Waals surface area contributed by atoms with E-state index in [1.807, 2.05) is 0 Å². The van der Waals surface area contributed by atoms with Crippen molar-refractivity contribution in [3.63, 3.8) is 0 Å². The molecule has 2 N–H and O–H groups in total. The molecule has 0 atom stereocenters. The highest BCUT2D eigenvalue weighted by atomic mass is 19.2. The third kappa shape index (κ3) is 4.75. The third-order valence-electron chi connectivity index (χ3n) is 3.81. The van der Waals surface area contributed by atoms with Gasteiger partial charge in [0.15, 0.2) is 11.6 Å². The number of amides is 1. The molecule has 1 aromatic rings. The van der Waals surface area contributed by atoms with Gasteiger partial charge in [0.2, 0.25) is 5.91 Å². The highest BCUT2D eigenvalue weighted by molar-refractivity contribution is 5.77. The average Bonchev–Trinajstić information content (AvgIpc) is 2.50. The van der Waals surface area contributed by atoms with Gasteiger partial charge in [-0.05, 0) is 30.5 Å². The molecular weight excluding hydrogens is 276 g/mol. The number of likely N-dealkylation sites (tertiary alicyclic amines) is 1. The van der Waals surface area contributed by atoms with E-state index in [4.69, 9.17) is 0 Å². The van der Waals surface area contributed by atoms with E-state index in [0.717, 1.165) is 37.6 Å². The van der Waals surface area contributed by atoms with Crippen LogP contribution in [0.25, 0.3) is 0 Å². The van der Waals surface area contributed by atoms with E-state index < -0.39 is 11.6 Å². The Morgan fingerprint density at radius 1 is 1.29 bits per heavy atom. The minimum atomic E-state index is -0.818. The molecule has 1 saturated heterocycles. The van der Waals surface area contributed by atoms with Crippen LogP contribution in [0.2, 0.25) is 0 Å². The van der Waals surface area contributed by atoms with Gasteiger partial charge in [0, 0.05) is 32.7 Å². The molecule has 21 heavy (non-hydrogen) atoms. The molecule has 4 nitrogen and oxygen atoms in total. The SMILES string of the molecule is CNC(=O)CN1CCC(NCc2ccc(F)c(F)c2)CC1. The first-order valence-electron chi connectivity index (χ1n) is 7.18. The molecule has 0 spiro atoms. The van der Waals surface area contributed by atoms with Crippen molar-refractivity contribution in [3.8, 4) is 0 Å². The predicted octanol–water partition coefficient (Wildman–Crippen LogP) is 1.26. The van der Waals surface area contributed by atoms with Crippen LogP contribution in [-0.4, -0.2) is 43.5 Å². The van der Waals surface area contributed by atoms with E-state index in [0.29, 0.717) is 19.1 Å². The number of carbonyl (C=O) groups excluding carboxylic acids is 1. The van der Waals surface area contributed by atoms with Crippen molar-refractivity contribution in [1.29, 1.82) is 0 Å². The molecule has 0 aromatic heterocycles. The molecule has 2 rings (SSSR count). The number of carbonyl (C=O) groups is 1. The minimum Gasteiger partial charge on any atom is -0.358 e. The number of benzene rings is 1. The third-order valence-corrected chi connectivity index (χ3v) is 3.81. The molecule has 116 valence electrons. The Bertz CT molecular complexity index is 488. The zero-order chi connectivity index (χ0) is 15.2. The Morgan fingerprint density at radius 3 is 2.62 bits per heavy atom. The van der Waals surface area contributed by atoms with E-state index in [1.165, 1.54) is 6.07 Å². The van der Waals surface area contributed by atoms with Crippen molar-refractivity contribution >= 4 is 5.91 Å². The molecule has 0 saturated carbocycles. The number of nitrogens with one attached hydrogen (secondary N) is 2. The summed E-state index contributed by atoms with van der Waals surface area (Å²) >= 11 is 0. The van der Waals surface area contributed by atoms with Crippen LogP contribution in [-0.2, 0) is 11.3 Å². The largest absolute Gasteiger partial charge is 0.358 e. The zero-order valence-electron chi connectivity index (χ0n) is 12.2. The number of nitrogens with zero attached hydrogens (tertiary/aromatic N) is 1. The standard InChI is InChI=1S/C15H21F2N3O/c1-18-15(21)10-20-6-4-12(5-7-20)19-9-11-2-3-13(16)14(17)8-11/h2-3,8,12,19H,4-7,9-10H2,1H3,(H,18,21). The lowest BCUT2D eigenvalue weighted by molar-refractivity contribution is -0.122. The Kier molecular flexibility index (Phi) is 5.64. The second kappa shape index (κ2) is 7.47. The fourth-order valence-electron chi connectivity index (χ4n) is 2.49. The van der Waals surface area contributed by atoms with Crippen molar-refractivity contribution in [2.24, 2.45) is 0 Å². The summed E-state index contributed by atoms with van der Waals surface area (Å²) in [6.45, 7) is 2.69. The Morgan fingerprint density at radius 2 is 2.00 bits per heavy atom. The molecule has 0 radical (unpaired) electrons. The molecule has 0 unspecified atom stereocenters. The van der Waals surface area contributed by atoms with Gasteiger partial charge in [0.1, 0.15) is 0 Å². The van der Waals surface area contributed by atoms with Crippen LogP contribution >= 0.6 is 0 Å². The predicted molar refractivity (Wildman–Crippen MR) is 76.7 cm³/mol. The van der Waals surface area contributed by atoms with Gasteiger partial charge in [-0.3, -0.25) is 9.69 Å². The van der Waals surface area contributed by atoms with Crippen molar-refractivity contribution < 1.29 is 13.6 Å². The van der Waals surface area contributed by atoms with Crippen LogP contribution in [0.3, 0.4) is 0 Å². The number of hydrogen-bond acceptors (Lipinski definition) is 3. The second-order valence-corrected chi connectivity index (χ2v) is 5.35. The lowest BCUT2D eigenvalue weighted by Gasteiger charge is -2.31.